The molecule has 0 bridgehead atoms. The molecule has 146 valence electrons. The maximum atomic E-state index is 11.9. The average Bonchev–Trinajstić information content (AvgIpc) is 2.96. The molecule has 1 amide bonds. The van der Waals surface area contributed by atoms with E-state index in [1.807, 2.05) is 6.07 Å². The number of carbonyl (C=O) groups is 2. The minimum Gasteiger partial charge on any atom is -0.497 e. The number of hydrogen-bond donors (Lipinski definition) is 1. The number of carbonyl (C=O) groups excluding carboxylic acids is 2. The number of ether oxygens (including phenoxy) is 4. The molecule has 2 aromatic carbocycles. The Morgan fingerprint density at radius 1 is 1.07 bits per heavy atom. The Kier molecular flexibility index (Phi) is 6.51. The van der Waals surface area contributed by atoms with Gasteiger partial charge in [0.1, 0.15) is 5.75 Å². The van der Waals surface area contributed by atoms with E-state index in [4.69, 9.17) is 18.9 Å². The second kappa shape index (κ2) is 9.45. The number of benzene rings is 2. The van der Waals surface area contributed by atoms with E-state index in [-0.39, 0.29) is 6.61 Å². The highest BCUT2D eigenvalue weighted by atomic mass is 16.5. The van der Waals surface area contributed by atoms with Crippen molar-refractivity contribution in [2.75, 3.05) is 32.2 Å². The first-order chi connectivity index (χ1) is 13.6. The summed E-state index contributed by atoms with van der Waals surface area (Å²) < 4.78 is 21.2. The summed E-state index contributed by atoms with van der Waals surface area (Å²) in [4.78, 5) is 23.7. The van der Waals surface area contributed by atoms with Crippen molar-refractivity contribution in [1.29, 1.82) is 0 Å². The lowest BCUT2D eigenvalue weighted by atomic mass is 10.2. The summed E-state index contributed by atoms with van der Waals surface area (Å²) in [6, 6.07) is 12.2. The number of esters is 1. The van der Waals surface area contributed by atoms with Gasteiger partial charge in [0, 0.05) is 18.2 Å². The third kappa shape index (κ3) is 5.51. The van der Waals surface area contributed by atoms with E-state index in [0.717, 1.165) is 12.0 Å². The van der Waals surface area contributed by atoms with Gasteiger partial charge in [-0.05, 0) is 48.0 Å². The van der Waals surface area contributed by atoms with E-state index in [2.05, 4.69) is 5.32 Å². The molecule has 0 aliphatic carbocycles. The quantitative estimate of drug-likeness (QED) is 0.610. The summed E-state index contributed by atoms with van der Waals surface area (Å²) in [5.41, 5.74) is 1.36. The largest absolute Gasteiger partial charge is 0.497 e. The van der Waals surface area contributed by atoms with Gasteiger partial charge in [0.2, 0.25) is 0 Å². The van der Waals surface area contributed by atoms with Crippen LogP contribution in [0.1, 0.15) is 12.0 Å². The first-order valence-corrected chi connectivity index (χ1v) is 8.82. The maximum Gasteiger partial charge on any atom is 0.331 e. The number of rotatable bonds is 6. The smallest absolute Gasteiger partial charge is 0.331 e. The minimum absolute atomic E-state index is 0.379. The predicted molar refractivity (Wildman–Crippen MR) is 104 cm³/mol. The fourth-order valence-electron chi connectivity index (χ4n) is 2.50. The number of anilines is 1. The zero-order valence-corrected chi connectivity index (χ0v) is 15.5. The molecule has 1 aliphatic heterocycles. The lowest BCUT2D eigenvalue weighted by Crippen LogP contribution is -2.20. The van der Waals surface area contributed by atoms with Crippen LogP contribution in [0.25, 0.3) is 6.08 Å². The standard InChI is InChI=1S/C21H21NO6/c1-25-17-7-5-16(6-8-17)22-20(23)14-28-21(24)10-4-15-3-9-18-19(13-15)27-12-2-11-26-18/h3-10,13H,2,11-12,14H2,1H3,(H,22,23)/b10-4+. The summed E-state index contributed by atoms with van der Waals surface area (Å²) in [5, 5.41) is 2.64. The molecular formula is C21H21NO6. The zero-order chi connectivity index (χ0) is 19.8. The fourth-order valence-corrected chi connectivity index (χ4v) is 2.50. The van der Waals surface area contributed by atoms with Crippen LogP contribution in [0.3, 0.4) is 0 Å². The van der Waals surface area contributed by atoms with Crippen molar-refractivity contribution >= 4 is 23.6 Å². The number of methoxy groups -OCH3 is 1. The molecule has 0 unspecified atom stereocenters. The first kappa shape index (κ1) is 19.3. The molecule has 0 saturated heterocycles. The Morgan fingerprint density at radius 2 is 1.82 bits per heavy atom. The molecule has 0 saturated carbocycles. The highest BCUT2D eigenvalue weighted by Crippen LogP contribution is 2.30. The van der Waals surface area contributed by atoms with Crippen molar-refractivity contribution in [2.45, 2.75) is 6.42 Å². The van der Waals surface area contributed by atoms with Crippen molar-refractivity contribution in [3.63, 3.8) is 0 Å². The fraction of sp³-hybridized carbons (Fsp3) is 0.238. The van der Waals surface area contributed by atoms with Gasteiger partial charge in [0.05, 0.1) is 20.3 Å². The van der Waals surface area contributed by atoms with E-state index in [0.29, 0.717) is 36.1 Å². The highest BCUT2D eigenvalue weighted by Gasteiger charge is 2.10. The van der Waals surface area contributed by atoms with Crippen molar-refractivity contribution in [1.82, 2.24) is 0 Å². The van der Waals surface area contributed by atoms with Gasteiger partial charge in [0.15, 0.2) is 18.1 Å². The summed E-state index contributed by atoms with van der Waals surface area (Å²) in [7, 11) is 1.56. The number of fused-ring (bicyclic) bond motifs is 1. The SMILES string of the molecule is COc1ccc(NC(=O)COC(=O)/C=C/c2ccc3c(c2)OCCCO3)cc1. The van der Waals surface area contributed by atoms with E-state index in [9.17, 15) is 9.59 Å². The summed E-state index contributed by atoms with van der Waals surface area (Å²) in [6.45, 7) is 0.828. The Labute approximate surface area is 162 Å². The molecule has 0 atom stereocenters. The third-order valence-electron chi connectivity index (χ3n) is 3.90. The molecule has 28 heavy (non-hydrogen) atoms. The topological polar surface area (TPSA) is 83.1 Å². The molecule has 1 N–H and O–H groups in total. The van der Waals surface area contributed by atoms with Crippen LogP contribution in [0, 0.1) is 0 Å². The van der Waals surface area contributed by atoms with E-state index < -0.39 is 11.9 Å². The zero-order valence-electron chi connectivity index (χ0n) is 15.5. The molecule has 1 aliphatic rings. The Morgan fingerprint density at radius 3 is 2.57 bits per heavy atom. The van der Waals surface area contributed by atoms with Crippen LogP contribution in [0.5, 0.6) is 17.2 Å². The molecule has 7 nitrogen and oxygen atoms in total. The predicted octanol–water partition coefficient (Wildman–Crippen LogP) is 3.05. The average molecular weight is 383 g/mol. The Bertz CT molecular complexity index is 860. The molecule has 2 aromatic rings. The van der Waals surface area contributed by atoms with Crippen LogP contribution >= 0.6 is 0 Å². The molecule has 0 aromatic heterocycles. The van der Waals surface area contributed by atoms with Crippen LogP contribution < -0.4 is 19.5 Å². The van der Waals surface area contributed by atoms with E-state index in [1.165, 1.54) is 6.08 Å². The molecule has 0 spiro atoms. The number of hydrogen-bond acceptors (Lipinski definition) is 6. The maximum absolute atomic E-state index is 11.9. The van der Waals surface area contributed by atoms with E-state index >= 15 is 0 Å². The van der Waals surface area contributed by atoms with Crippen LogP contribution in [0.4, 0.5) is 5.69 Å². The van der Waals surface area contributed by atoms with Gasteiger partial charge in [-0.15, -0.1) is 0 Å². The molecule has 3 rings (SSSR count). The van der Waals surface area contributed by atoms with Gasteiger partial charge in [-0.2, -0.15) is 0 Å². The molecule has 1 heterocycles. The molecular weight excluding hydrogens is 362 g/mol. The summed E-state index contributed by atoms with van der Waals surface area (Å²) in [5.74, 6) is 0.975. The van der Waals surface area contributed by atoms with Gasteiger partial charge in [-0.3, -0.25) is 4.79 Å². The van der Waals surface area contributed by atoms with Crippen molar-refractivity contribution in [2.24, 2.45) is 0 Å². The van der Waals surface area contributed by atoms with Gasteiger partial charge < -0.3 is 24.3 Å². The first-order valence-electron chi connectivity index (χ1n) is 8.82. The van der Waals surface area contributed by atoms with Gasteiger partial charge in [-0.1, -0.05) is 6.07 Å². The second-order valence-corrected chi connectivity index (χ2v) is 5.97. The van der Waals surface area contributed by atoms with Crippen molar-refractivity contribution < 1.29 is 28.5 Å². The van der Waals surface area contributed by atoms with Crippen molar-refractivity contribution in [3.05, 3.63) is 54.1 Å². The Balaban J connectivity index is 1.48. The summed E-state index contributed by atoms with van der Waals surface area (Å²) >= 11 is 0. The van der Waals surface area contributed by atoms with Crippen LogP contribution in [-0.2, 0) is 14.3 Å². The van der Waals surface area contributed by atoms with Crippen molar-refractivity contribution in [3.8, 4) is 17.2 Å². The van der Waals surface area contributed by atoms with Crippen LogP contribution in [0.15, 0.2) is 48.5 Å². The van der Waals surface area contributed by atoms with Gasteiger partial charge >= 0.3 is 5.97 Å². The monoisotopic (exact) mass is 383 g/mol. The third-order valence-corrected chi connectivity index (χ3v) is 3.90. The number of nitrogens with one attached hydrogen (secondary N) is 1. The van der Waals surface area contributed by atoms with Gasteiger partial charge in [-0.25, -0.2) is 4.79 Å². The molecule has 0 fully saturated rings. The highest BCUT2D eigenvalue weighted by molar-refractivity contribution is 5.94. The second-order valence-electron chi connectivity index (χ2n) is 5.97. The lowest BCUT2D eigenvalue weighted by molar-refractivity contribution is -0.142. The van der Waals surface area contributed by atoms with Crippen LogP contribution in [-0.4, -0.2) is 38.8 Å². The lowest BCUT2D eigenvalue weighted by Gasteiger charge is -2.07. The normalized spacial score (nSPS) is 12.9. The van der Waals surface area contributed by atoms with Gasteiger partial charge in [0.25, 0.3) is 5.91 Å². The van der Waals surface area contributed by atoms with Crippen LogP contribution in [0.2, 0.25) is 0 Å². The molecule has 0 radical (unpaired) electrons. The Hall–Kier alpha value is -3.48. The minimum atomic E-state index is -0.614. The van der Waals surface area contributed by atoms with E-state index in [1.54, 1.807) is 49.6 Å². The number of amides is 1. The molecule has 7 heteroatoms. The summed E-state index contributed by atoms with van der Waals surface area (Å²) in [6.07, 6.45) is 3.68.